The standard InChI is InChI=1S/C11H9N3O5/c1-5-2-6-7(3-9(5)14(18)19)12-8(4-15)10(13-6)11(16)17/h2-4,8,12H,1H3,(H,16,17). The van der Waals surface area contributed by atoms with Crippen LogP contribution in [0.3, 0.4) is 0 Å². The molecular weight excluding hydrogens is 254 g/mol. The second kappa shape index (κ2) is 4.48. The van der Waals surface area contributed by atoms with Crippen molar-refractivity contribution in [2.24, 2.45) is 4.99 Å². The van der Waals surface area contributed by atoms with Crippen LogP contribution in [-0.4, -0.2) is 34.0 Å². The number of fused-ring (bicyclic) bond motifs is 1. The second-order valence-electron chi connectivity index (χ2n) is 3.97. The van der Waals surface area contributed by atoms with Crippen molar-refractivity contribution in [2.45, 2.75) is 13.0 Å². The van der Waals surface area contributed by atoms with Gasteiger partial charge in [0.05, 0.1) is 16.3 Å². The lowest BCUT2D eigenvalue weighted by atomic mass is 10.1. The van der Waals surface area contributed by atoms with Crippen LogP contribution in [0.5, 0.6) is 0 Å². The Balaban J connectivity index is 2.59. The summed E-state index contributed by atoms with van der Waals surface area (Å²) in [4.78, 5) is 35.9. The van der Waals surface area contributed by atoms with E-state index in [-0.39, 0.29) is 22.8 Å². The highest BCUT2D eigenvalue weighted by Gasteiger charge is 2.28. The SMILES string of the molecule is Cc1cc2c(cc1[N+](=O)[O-])NC(C=O)C(C(=O)O)=N2. The number of hydrogen-bond donors (Lipinski definition) is 2. The topological polar surface area (TPSA) is 122 Å². The summed E-state index contributed by atoms with van der Waals surface area (Å²) in [5.41, 5.74) is 0.433. The van der Waals surface area contributed by atoms with Crippen LogP contribution >= 0.6 is 0 Å². The summed E-state index contributed by atoms with van der Waals surface area (Å²) >= 11 is 0. The number of aldehydes is 1. The first kappa shape index (κ1) is 12.7. The average Bonchev–Trinajstić information content (AvgIpc) is 2.35. The van der Waals surface area contributed by atoms with Gasteiger partial charge in [-0.15, -0.1) is 0 Å². The molecule has 2 N–H and O–H groups in total. The van der Waals surface area contributed by atoms with E-state index in [1.165, 1.54) is 19.1 Å². The monoisotopic (exact) mass is 263 g/mol. The fraction of sp³-hybridized carbons (Fsp3) is 0.182. The molecule has 1 atom stereocenters. The number of hydrogen-bond acceptors (Lipinski definition) is 6. The summed E-state index contributed by atoms with van der Waals surface area (Å²) in [6, 6.07) is 1.53. The lowest BCUT2D eigenvalue weighted by molar-refractivity contribution is -0.385. The molecule has 0 spiro atoms. The Morgan fingerprint density at radius 1 is 1.58 bits per heavy atom. The Hall–Kier alpha value is -2.77. The number of nitro benzene ring substituents is 1. The molecule has 98 valence electrons. The van der Waals surface area contributed by atoms with Crippen LogP contribution in [0, 0.1) is 17.0 Å². The summed E-state index contributed by atoms with van der Waals surface area (Å²) in [5, 5.41) is 22.4. The molecule has 0 bridgehead atoms. The molecular formula is C11H9N3O5. The van der Waals surface area contributed by atoms with Crippen LogP contribution in [0.25, 0.3) is 0 Å². The number of anilines is 1. The van der Waals surface area contributed by atoms with Gasteiger partial charge < -0.3 is 15.2 Å². The average molecular weight is 263 g/mol. The summed E-state index contributed by atoms with van der Waals surface area (Å²) in [6.07, 6.45) is 0.390. The Bertz CT molecular complexity index is 623. The number of carbonyl (C=O) groups is 2. The smallest absolute Gasteiger partial charge is 0.352 e. The molecule has 2 rings (SSSR count). The minimum absolute atomic E-state index is 0.120. The van der Waals surface area contributed by atoms with E-state index in [9.17, 15) is 19.7 Å². The van der Waals surface area contributed by atoms with Crippen LogP contribution in [-0.2, 0) is 9.59 Å². The van der Waals surface area contributed by atoms with Gasteiger partial charge in [0.2, 0.25) is 0 Å². The van der Waals surface area contributed by atoms with Crippen LogP contribution in [0.15, 0.2) is 17.1 Å². The maximum absolute atomic E-state index is 11.0. The van der Waals surface area contributed by atoms with Gasteiger partial charge in [-0.3, -0.25) is 10.1 Å². The van der Waals surface area contributed by atoms with E-state index in [1.54, 1.807) is 0 Å². The first-order valence-electron chi connectivity index (χ1n) is 5.26. The zero-order valence-corrected chi connectivity index (χ0v) is 9.78. The number of benzene rings is 1. The molecule has 1 heterocycles. The fourth-order valence-corrected chi connectivity index (χ4v) is 1.80. The maximum atomic E-state index is 11.0. The number of nitrogens with one attached hydrogen (secondary N) is 1. The van der Waals surface area contributed by atoms with Gasteiger partial charge in [-0.05, 0) is 13.0 Å². The Morgan fingerprint density at radius 2 is 2.26 bits per heavy atom. The normalized spacial score (nSPS) is 16.9. The minimum Gasteiger partial charge on any atom is -0.477 e. The van der Waals surface area contributed by atoms with Crippen molar-refractivity contribution in [1.29, 1.82) is 0 Å². The zero-order chi connectivity index (χ0) is 14.2. The molecule has 0 saturated heterocycles. The van der Waals surface area contributed by atoms with Crippen LogP contribution in [0.1, 0.15) is 5.56 Å². The maximum Gasteiger partial charge on any atom is 0.352 e. The molecule has 0 fully saturated rings. The fourth-order valence-electron chi connectivity index (χ4n) is 1.80. The summed E-state index contributed by atoms with van der Waals surface area (Å²) in [6.45, 7) is 1.53. The van der Waals surface area contributed by atoms with Crippen molar-refractivity contribution in [3.63, 3.8) is 0 Å². The number of carboxylic acids is 1. The molecule has 0 aromatic heterocycles. The number of nitro groups is 1. The zero-order valence-electron chi connectivity index (χ0n) is 9.78. The van der Waals surface area contributed by atoms with Gasteiger partial charge in [0.25, 0.3) is 5.69 Å². The third kappa shape index (κ3) is 2.15. The number of aryl methyl sites for hydroxylation is 1. The third-order valence-electron chi connectivity index (χ3n) is 2.71. The molecule has 1 aliphatic heterocycles. The van der Waals surface area contributed by atoms with E-state index in [1.807, 2.05) is 0 Å². The predicted molar refractivity (Wildman–Crippen MR) is 66.0 cm³/mol. The van der Waals surface area contributed by atoms with Crippen LogP contribution in [0.2, 0.25) is 0 Å². The Labute approximate surface area is 106 Å². The van der Waals surface area contributed by atoms with Gasteiger partial charge in [0.15, 0.2) is 5.71 Å². The lowest BCUT2D eigenvalue weighted by Crippen LogP contribution is -2.38. The number of carbonyl (C=O) groups excluding carboxylic acids is 1. The van der Waals surface area contributed by atoms with E-state index in [0.29, 0.717) is 11.8 Å². The quantitative estimate of drug-likeness (QED) is 0.477. The van der Waals surface area contributed by atoms with E-state index in [4.69, 9.17) is 5.11 Å². The van der Waals surface area contributed by atoms with E-state index in [2.05, 4.69) is 10.3 Å². The number of aliphatic carboxylic acids is 1. The molecule has 1 unspecified atom stereocenters. The molecule has 1 aliphatic rings. The molecule has 19 heavy (non-hydrogen) atoms. The van der Waals surface area contributed by atoms with Gasteiger partial charge in [-0.2, -0.15) is 0 Å². The predicted octanol–water partition coefficient (Wildman–Crippen LogP) is 1.05. The first-order chi connectivity index (χ1) is 8.93. The molecule has 8 nitrogen and oxygen atoms in total. The van der Waals surface area contributed by atoms with Gasteiger partial charge in [0.1, 0.15) is 12.3 Å². The lowest BCUT2D eigenvalue weighted by Gasteiger charge is -2.21. The highest BCUT2D eigenvalue weighted by Crippen LogP contribution is 2.35. The number of carboxylic acid groups (broad SMARTS) is 1. The summed E-state index contributed by atoms with van der Waals surface area (Å²) in [5.74, 6) is -1.31. The Kier molecular flexibility index (Phi) is 2.99. The van der Waals surface area contributed by atoms with Crippen molar-refractivity contribution in [3.05, 3.63) is 27.8 Å². The number of rotatable bonds is 3. The second-order valence-corrected chi connectivity index (χ2v) is 3.97. The third-order valence-corrected chi connectivity index (χ3v) is 2.71. The summed E-state index contributed by atoms with van der Waals surface area (Å²) < 4.78 is 0. The molecule has 8 heteroatoms. The van der Waals surface area contributed by atoms with E-state index >= 15 is 0 Å². The van der Waals surface area contributed by atoms with Crippen LogP contribution in [0.4, 0.5) is 17.1 Å². The van der Waals surface area contributed by atoms with Crippen molar-refractivity contribution in [2.75, 3.05) is 5.32 Å². The molecule has 0 amide bonds. The largest absolute Gasteiger partial charge is 0.477 e. The highest BCUT2D eigenvalue weighted by molar-refractivity contribution is 6.42. The van der Waals surface area contributed by atoms with Crippen molar-refractivity contribution >= 4 is 35.0 Å². The van der Waals surface area contributed by atoms with Gasteiger partial charge in [-0.1, -0.05) is 0 Å². The molecule has 0 saturated carbocycles. The molecule has 1 aromatic rings. The number of nitrogens with zero attached hydrogens (tertiary/aromatic N) is 2. The Morgan fingerprint density at radius 3 is 2.79 bits per heavy atom. The van der Waals surface area contributed by atoms with Gasteiger partial charge in [-0.25, -0.2) is 9.79 Å². The van der Waals surface area contributed by atoms with Crippen LogP contribution < -0.4 is 5.32 Å². The molecule has 0 radical (unpaired) electrons. The van der Waals surface area contributed by atoms with Crippen molar-refractivity contribution in [3.8, 4) is 0 Å². The summed E-state index contributed by atoms with van der Waals surface area (Å²) in [7, 11) is 0. The van der Waals surface area contributed by atoms with E-state index < -0.39 is 16.9 Å². The molecule has 0 aliphatic carbocycles. The van der Waals surface area contributed by atoms with Crippen molar-refractivity contribution < 1.29 is 19.6 Å². The minimum atomic E-state index is -1.31. The molecule has 1 aromatic carbocycles. The van der Waals surface area contributed by atoms with Crippen molar-refractivity contribution in [1.82, 2.24) is 0 Å². The van der Waals surface area contributed by atoms with Gasteiger partial charge >= 0.3 is 5.97 Å². The van der Waals surface area contributed by atoms with Gasteiger partial charge in [0, 0.05) is 11.6 Å². The first-order valence-corrected chi connectivity index (χ1v) is 5.26. The van der Waals surface area contributed by atoms with E-state index in [0.717, 1.165) is 0 Å². The number of aliphatic imine (C=N–C) groups is 1. The highest BCUT2D eigenvalue weighted by atomic mass is 16.6.